The molecule has 1 N–H and O–H groups in total. The molecule has 0 bridgehead atoms. The molecular formula is C17H18N4O2S2. The summed E-state index contributed by atoms with van der Waals surface area (Å²) in [5, 5.41) is 13.7. The number of amides is 1. The van der Waals surface area contributed by atoms with Crippen LogP contribution in [0.1, 0.15) is 24.4 Å². The first-order valence-corrected chi connectivity index (χ1v) is 9.57. The summed E-state index contributed by atoms with van der Waals surface area (Å²) in [5.41, 5.74) is 1.55. The van der Waals surface area contributed by atoms with E-state index in [0.717, 1.165) is 10.6 Å². The summed E-state index contributed by atoms with van der Waals surface area (Å²) < 4.78 is 5.44. The maximum atomic E-state index is 12.1. The minimum Gasteiger partial charge on any atom is -0.401 e. The second-order valence-electron chi connectivity index (χ2n) is 5.70. The summed E-state index contributed by atoms with van der Waals surface area (Å²) >= 11 is 3.29. The van der Waals surface area contributed by atoms with Crippen LogP contribution in [0, 0.1) is 6.92 Å². The molecule has 0 radical (unpaired) electrons. The quantitative estimate of drug-likeness (QED) is 0.652. The van der Waals surface area contributed by atoms with Crippen molar-refractivity contribution >= 4 is 35.0 Å². The number of carbonyl (C=O) groups is 1. The minimum atomic E-state index is -0.200. The number of nitrogens with one attached hydrogen (secondary N) is 1. The van der Waals surface area contributed by atoms with E-state index in [-0.39, 0.29) is 18.3 Å². The number of hydrogen-bond donors (Lipinski definition) is 1. The first-order valence-electron chi connectivity index (χ1n) is 7.81. The highest BCUT2D eigenvalue weighted by Gasteiger charge is 2.13. The summed E-state index contributed by atoms with van der Waals surface area (Å²) in [6, 6.07) is 8.06. The van der Waals surface area contributed by atoms with Gasteiger partial charge in [-0.15, -0.1) is 28.2 Å². The molecule has 0 saturated carbocycles. The standard InChI is InChI=1S/C17H18N4O2S2/c1-10(2)25-13-6-4-12(5-7-13)8-15(22)19-17-21-20-16(23-17)14-9-24-11(3)18-14/h4-7,9-10H,8H2,1-3H3,(H,19,21,22). The van der Waals surface area contributed by atoms with Crippen molar-refractivity contribution in [2.24, 2.45) is 0 Å². The molecule has 0 unspecified atom stereocenters. The van der Waals surface area contributed by atoms with Crippen LogP contribution < -0.4 is 5.32 Å². The lowest BCUT2D eigenvalue weighted by atomic mass is 10.1. The number of nitrogens with zero attached hydrogens (tertiary/aromatic N) is 3. The molecule has 1 amide bonds. The Bertz CT molecular complexity index is 856. The van der Waals surface area contributed by atoms with Gasteiger partial charge in [0, 0.05) is 15.5 Å². The van der Waals surface area contributed by atoms with Gasteiger partial charge in [0.05, 0.1) is 11.4 Å². The van der Waals surface area contributed by atoms with Crippen LogP contribution in [0.15, 0.2) is 39.0 Å². The van der Waals surface area contributed by atoms with Gasteiger partial charge in [-0.25, -0.2) is 4.98 Å². The summed E-state index contributed by atoms with van der Waals surface area (Å²) in [7, 11) is 0. The van der Waals surface area contributed by atoms with Gasteiger partial charge in [-0.05, 0) is 24.6 Å². The highest BCUT2D eigenvalue weighted by molar-refractivity contribution is 7.99. The largest absolute Gasteiger partial charge is 0.401 e. The molecule has 6 nitrogen and oxygen atoms in total. The van der Waals surface area contributed by atoms with Crippen molar-refractivity contribution in [3.05, 3.63) is 40.2 Å². The van der Waals surface area contributed by atoms with Gasteiger partial charge in [0.25, 0.3) is 5.89 Å². The molecular weight excluding hydrogens is 356 g/mol. The molecule has 0 atom stereocenters. The Balaban J connectivity index is 1.58. The summed E-state index contributed by atoms with van der Waals surface area (Å²) in [6.07, 6.45) is 0.250. The Hall–Kier alpha value is -2.19. The Morgan fingerprint density at radius 3 is 2.68 bits per heavy atom. The van der Waals surface area contributed by atoms with Crippen LogP contribution in [-0.2, 0) is 11.2 Å². The minimum absolute atomic E-state index is 0.0811. The third-order valence-corrected chi connectivity index (χ3v) is 4.96. The van der Waals surface area contributed by atoms with Crippen molar-refractivity contribution in [2.45, 2.75) is 37.3 Å². The van der Waals surface area contributed by atoms with E-state index in [0.29, 0.717) is 16.8 Å². The highest BCUT2D eigenvalue weighted by Crippen LogP contribution is 2.23. The Labute approximate surface area is 154 Å². The van der Waals surface area contributed by atoms with Crippen LogP contribution in [0.3, 0.4) is 0 Å². The topological polar surface area (TPSA) is 80.9 Å². The lowest BCUT2D eigenvalue weighted by molar-refractivity contribution is -0.115. The van der Waals surface area contributed by atoms with Crippen LogP contribution in [0.2, 0.25) is 0 Å². The molecule has 2 aromatic heterocycles. The van der Waals surface area contributed by atoms with Crippen molar-refractivity contribution in [3.8, 4) is 11.6 Å². The summed E-state index contributed by atoms with van der Waals surface area (Å²) in [5.74, 6) is 0.101. The molecule has 1 aromatic carbocycles. The van der Waals surface area contributed by atoms with Gasteiger partial charge in [0.1, 0.15) is 5.69 Å². The number of anilines is 1. The van der Waals surface area contributed by atoms with Crippen molar-refractivity contribution in [1.82, 2.24) is 15.2 Å². The van der Waals surface area contributed by atoms with E-state index in [1.54, 1.807) is 11.8 Å². The highest BCUT2D eigenvalue weighted by atomic mass is 32.2. The zero-order chi connectivity index (χ0) is 17.8. The summed E-state index contributed by atoms with van der Waals surface area (Å²) in [6.45, 7) is 6.20. The van der Waals surface area contributed by atoms with Crippen LogP contribution in [-0.4, -0.2) is 26.3 Å². The van der Waals surface area contributed by atoms with E-state index in [4.69, 9.17) is 4.42 Å². The van der Waals surface area contributed by atoms with E-state index < -0.39 is 0 Å². The first-order chi connectivity index (χ1) is 12.0. The van der Waals surface area contributed by atoms with Crippen molar-refractivity contribution in [1.29, 1.82) is 0 Å². The smallest absolute Gasteiger partial charge is 0.322 e. The van der Waals surface area contributed by atoms with Crippen LogP contribution in [0.4, 0.5) is 6.01 Å². The average Bonchev–Trinajstić information content (AvgIpc) is 3.17. The number of aryl methyl sites for hydroxylation is 1. The van der Waals surface area contributed by atoms with E-state index in [2.05, 4.69) is 34.3 Å². The number of hydrogen-bond acceptors (Lipinski definition) is 7. The monoisotopic (exact) mass is 374 g/mol. The lowest BCUT2D eigenvalue weighted by Crippen LogP contribution is -2.14. The number of thioether (sulfide) groups is 1. The number of benzene rings is 1. The summed E-state index contributed by atoms with van der Waals surface area (Å²) in [4.78, 5) is 17.6. The fourth-order valence-corrected chi connectivity index (χ4v) is 3.57. The zero-order valence-corrected chi connectivity index (χ0v) is 15.8. The van der Waals surface area contributed by atoms with Gasteiger partial charge in [-0.1, -0.05) is 31.1 Å². The van der Waals surface area contributed by atoms with E-state index in [9.17, 15) is 4.79 Å². The molecule has 0 fully saturated rings. The number of rotatable bonds is 6. The van der Waals surface area contributed by atoms with Crippen molar-refractivity contribution in [2.75, 3.05) is 5.32 Å². The van der Waals surface area contributed by atoms with Gasteiger partial charge in [0.2, 0.25) is 5.91 Å². The Morgan fingerprint density at radius 2 is 2.04 bits per heavy atom. The average molecular weight is 374 g/mol. The first kappa shape index (κ1) is 17.6. The number of carbonyl (C=O) groups excluding carboxylic acids is 1. The molecule has 3 aromatic rings. The van der Waals surface area contributed by atoms with E-state index in [1.165, 1.54) is 16.2 Å². The Kier molecular flexibility index (Phi) is 5.50. The van der Waals surface area contributed by atoms with E-state index in [1.807, 2.05) is 36.6 Å². The third kappa shape index (κ3) is 4.90. The van der Waals surface area contributed by atoms with Crippen molar-refractivity contribution < 1.29 is 9.21 Å². The molecule has 0 aliphatic rings. The third-order valence-electron chi connectivity index (χ3n) is 3.17. The molecule has 3 rings (SSSR count). The number of thiazole rings is 1. The molecule has 25 heavy (non-hydrogen) atoms. The predicted octanol–water partition coefficient (Wildman–Crippen LogP) is 4.18. The van der Waals surface area contributed by atoms with Crippen molar-refractivity contribution in [3.63, 3.8) is 0 Å². The van der Waals surface area contributed by atoms with Gasteiger partial charge in [0.15, 0.2) is 0 Å². The second kappa shape index (κ2) is 7.79. The molecule has 0 spiro atoms. The molecule has 0 saturated heterocycles. The maximum absolute atomic E-state index is 12.1. The zero-order valence-electron chi connectivity index (χ0n) is 14.1. The van der Waals surface area contributed by atoms with Gasteiger partial charge in [-0.2, -0.15) is 0 Å². The molecule has 8 heteroatoms. The van der Waals surface area contributed by atoms with E-state index >= 15 is 0 Å². The van der Waals surface area contributed by atoms with Crippen LogP contribution in [0.25, 0.3) is 11.6 Å². The predicted molar refractivity (Wildman–Crippen MR) is 99.9 cm³/mol. The fourth-order valence-electron chi connectivity index (χ4n) is 2.15. The van der Waals surface area contributed by atoms with Gasteiger partial charge in [-0.3, -0.25) is 10.1 Å². The maximum Gasteiger partial charge on any atom is 0.322 e. The number of aromatic nitrogens is 3. The van der Waals surface area contributed by atoms with Crippen LogP contribution >= 0.6 is 23.1 Å². The Morgan fingerprint density at radius 1 is 1.28 bits per heavy atom. The van der Waals surface area contributed by atoms with Gasteiger partial charge >= 0.3 is 6.01 Å². The fraction of sp³-hybridized carbons (Fsp3) is 0.294. The lowest BCUT2D eigenvalue weighted by Gasteiger charge is -2.06. The SMILES string of the molecule is Cc1nc(-c2nnc(NC(=O)Cc3ccc(SC(C)C)cc3)o2)cs1. The molecule has 130 valence electrons. The molecule has 0 aliphatic carbocycles. The second-order valence-corrected chi connectivity index (χ2v) is 8.41. The molecule has 2 heterocycles. The van der Waals surface area contributed by atoms with Gasteiger partial charge < -0.3 is 4.42 Å². The molecule has 0 aliphatic heterocycles. The van der Waals surface area contributed by atoms with Crippen LogP contribution in [0.5, 0.6) is 0 Å². The normalized spacial score (nSPS) is 11.0.